The molecular formula is C39H72O3S. The van der Waals surface area contributed by atoms with E-state index >= 15 is 0 Å². The molecule has 43 heavy (non-hydrogen) atoms. The molecule has 3 nitrogen and oxygen atoms in total. The molecule has 2 aromatic carbocycles. The number of aryl methyl sites for hydroxylation is 4. The first-order valence-electron chi connectivity index (χ1n) is 15.5. The van der Waals surface area contributed by atoms with E-state index in [0.29, 0.717) is 12.0 Å². The number of hydrogen-bond donors (Lipinski definition) is 1. The summed E-state index contributed by atoms with van der Waals surface area (Å²) in [6.45, 7) is 49.0. The lowest BCUT2D eigenvalue weighted by Crippen LogP contribution is -2.02. The minimum absolute atomic E-state index is 0.0144. The lowest BCUT2D eigenvalue weighted by molar-refractivity contribution is 0.482. The van der Waals surface area contributed by atoms with Crippen LogP contribution in [0.15, 0.2) is 97.0 Å². The molecule has 2 aromatic rings. The zero-order valence-electron chi connectivity index (χ0n) is 31.4. The van der Waals surface area contributed by atoms with Crippen molar-refractivity contribution in [3.05, 3.63) is 114 Å². The summed E-state index contributed by atoms with van der Waals surface area (Å²) in [5.74, 6) is 0. The third kappa shape index (κ3) is 52.4. The van der Waals surface area contributed by atoms with Crippen LogP contribution in [0.4, 0.5) is 0 Å². The van der Waals surface area contributed by atoms with Gasteiger partial charge in [-0.05, 0) is 79.4 Å². The lowest BCUT2D eigenvalue weighted by atomic mass is 10.1. The van der Waals surface area contributed by atoms with Gasteiger partial charge in [-0.15, -0.1) is 32.9 Å². The maximum atomic E-state index is 10.9. The SMILES string of the molecule is C=C.C=C(C)C.C=C(C)CC.C=C(C)CC.CC.CC.CC.CCc1cc(C)ccc1S(=O)(=O)O.Cc1ccc(C)cc1. The van der Waals surface area contributed by atoms with Gasteiger partial charge < -0.3 is 0 Å². The Hall–Kier alpha value is -2.69. The van der Waals surface area contributed by atoms with Crippen molar-refractivity contribution in [2.24, 2.45) is 0 Å². The van der Waals surface area contributed by atoms with E-state index in [2.05, 4.69) is 84.9 Å². The van der Waals surface area contributed by atoms with Gasteiger partial charge in [0.1, 0.15) is 0 Å². The first kappa shape index (κ1) is 56.1. The molecule has 252 valence electrons. The fourth-order valence-electron chi connectivity index (χ4n) is 1.87. The molecule has 0 bridgehead atoms. The Morgan fingerprint density at radius 1 is 0.628 bits per heavy atom. The summed E-state index contributed by atoms with van der Waals surface area (Å²) in [4.78, 5) is 0.0144. The highest BCUT2D eigenvalue weighted by Gasteiger charge is 2.13. The second kappa shape index (κ2) is 41.4. The van der Waals surface area contributed by atoms with Crippen molar-refractivity contribution < 1.29 is 13.0 Å². The van der Waals surface area contributed by atoms with E-state index in [1.54, 1.807) is 12.1 Å². The zero-order valence-corrected chi connectivity index (χ0v) is 32.2. The molecule has 0 aliphatic heterocycles. The molecule has 0 aliphatic rings. The summed E-state index contributed by atoms with van der Waals surface area (Å²) in [5.41, 5.74) is 7.98. The molecule has 0 spiro atoms. The van der Waals surface area contributed by atoms with Gasteiger partial charge in [0, 0.05) is 0 Å². The van der Waals surface area contributed by atoms with Crippen LogP contribution in [0.25, 0.3) is 0 Å². The second-order valence-electron chi connectivity index (χ2n) is 8.92. The normalized spacial score (nSPS) is 8.12. The van der Waals surface area contributed by atoms with Crippen LogP contribution in [0, 0.1) is 20.8 Å². The van der Waals surface area contributed by atoms with Crippen molar-refractivity contribution in [1.82, 2.24) is 0 Å². The number of hydrogen-bond acceptors (Lipinski definition) is 2. The molecule has 0 radical (unpaired) electrons. The molecule has 0 saturated heterocycles. The second-order valence-corrected chi connectivity index (χ2v) is 10.3. The van der Waals surface area contributed by atoms with E-state index in [9.17, 15) is 8.42 Å². The maximum absolute atomic E-state index is 10.9. The molecule has 2 rings (SSSR count). The van der Waals surface area contributed by atoms with Crippen molar-refractivity contribution in [1.29, 1.82) is 0 Å². The molecule has 0 aliphatic carbocycles. The van der Waals surface area contributed by atoms with Crippen molar-refractivity contribution in [3.8, 4) is 0 Å². The van der Waals surface area contributed by atoms with Crippen LogP contribution < -0.4 is 0 Å². The summed E-state index contributed by atoms with van der Waals surface area (Å²) in [5, 5.41) is 0. The smallest absolute Gasteiger partial charge is 0.282 e. The standard InChI is InChI=1S/C9H12O3S.C8H10.2C5H10.C4H8.3C2H6.C2H4/c1-3-8-6-7(2)4-5-9(8)13(10,11)12;1-7-3-5-8(2)6-4-7;2*1-4-5(2)3;1-4(2)3;4*1-2/h4-6H,3H2,1-2H3,(H,10,11,12);3-6H,1-2H3;2*2,4H2,1,3H3;1H2,2-3H3;3*1-2H3;1-2H2. The Bertz CT molecular complexity index is 960. The molecule has 4 heteroatoms. The number of benzene rings is 2. The van der Waals surface area contributed by atoms with Crippen LogP contribution >= 0.6 is 0 Å². The van der Waals surface area contributed by atoms with Crippen LogP contribution in [0.3, 0.4) is 0 Å². The van der Waals surface area contributed by atoms with Crippen molar-refractivity contribution in [2.45, 2.75) is 135 Å². The van der Waals surface area contributed by atoms with Gasteiger partial charge in [-0.3, -0.25) is 4.55 Å². The van der Waals surface area contributed by atoms with Gasteiger partial charge in [-0.25, -0.2) is 0 Å². The molecule has 0 saturated carbocycles. The van der Waals surface area contributed by atoms with E-state index in [1.165, 1.54) is 33.9 Å². The van der Waals surface area contributed by atoms with E-state index in [-0.39, 0.29) is 4.90 Å². The Labute approximate surface area is 271 Å². The Morgan fingerprint density at radius 2 is 0.860 bits per heavy atom. The highest BCUT2D eigenvalue weighted by atomic mass is 32.2. The van der Waals surface area contributed by atoms with Crippen LogP contribution in [-0.2, 0) is 16.5 Å². The van der Waals surface area contributed by atoms with Crippen LogP contribution in [-0.4, -0.2) is 13.0 Å². The van der Waals surface area contributed by atoms with Gasteiger partial charge in [0.15, 0.2) is 0 Å². The third-order valence-corrected chi connectivity index (χ3v) is 5.25. The van der Waals surface area contributed by atoms with Gasteiger partial charge in [-0.1, -0.05) is 132 Å². The maximum Gasteiger partial charge on any atom is 0.294 e. The van der Waals surface area contributed by atoms with E-state index < -0.39 is 10.1 Å². The van der Waals surface area contributed by atoms with E-state index in [1.807, 2.05) is 83.1 Å². The van der Waals surface area contributed by atoms with Crippen LogP contribution in [0.5, 0.6) is 0 Å². The van der Waals surface area contributed by atoms with Gasteiger partial charge in [0.05, 0.1) is 4.90 Å². The van der Waals surface area contributed by atoms with Crippen LogP contribution in [0.2, 0.25) is 0 Å². The van der Waals surface area contributed by atoms with Gasteiger partial charge in [-0.2, -0.15) is 8.42 Å². The lowest BCUT2D eigenvalue weighted by Gasteiger charge is -2.05. The zero-order chi connectivity index (χ0) is 36.2. The quantitative estimate of drug-likeness (QED) is 0.273. The van der Waals surface area contributed by atoms with Gasteiger partial charge in [0.25, 0.3) is 10.1 Å². The first-order chi connectivity index (χ1) is 20.0. The highest BCUT2D eigenvalue weighted by Crippen LogP contribution is 2.17. The van der Waals surface area contributed by atoms with Crippen molar-refractivity contribution in [2.75, 3.05) is 0 Å². The minimum atomic E-state index is -4.06. The molecule has 1 N–H and O–H groups in total. The summed E-state index contributed by atoms with van der Waals surface area (Å²) >= 11 is 0. The number of allylic oxidation sites excluding steroid dienone is 3. The minimum Gasteiger partial charge on any atom is -0.282 e. The van der Waals surface area contributed by atoms with Gasteiger partial charge in [0.2, 0.25) is 0 Å². The molecule has 0 unspecified atom stereocenters. The molecule has 0 aromatic heterocycles. The van der Waals surface area contributed by atoms with E-state index in [4.69, 9.17) is 4.55 Å². The first-order valence-corrected chi connectivity index (χ1v) is 17.0. The van der Waals surface area contributed by atoms with Crippen LogP contribution in [0.1, 0.15) is 125 Å². The van der Waals surface area contributed by atoms with Gasteiger partial charge >= 0.3 is 0 Å². The molecule has 0 heterocycles. The highest BCUT2D eigenvalue weighted by molar-refractivity contribution is 7.85. The number of rotatable bonds is 4. The monoisotopic (exact) mass is 621 g/mol. The third-order valence-electron chi connectivity index (χ3n) is 4.30. The summed E-state index contributed by atoms with van der Waals surface area (Å²) in [7, 11) is -4.06. The Morgan fingerprint density at radius 3 is 1.05 bits per heavy atom. The predicted octanol–water partition coefficient (Wildman–Crippen LogP) is 13.5. The Kier molecular flexibility index (Phi) is 54.1. The molecule has 0 atom stereocenters. The molecular weight excluding hydrogens is 548 g/mol. The average Bonchev–Trinajstić information content (AvgIpc) is 2.98. The van der Waals surface area contributed by atoms with E-state index in [0.717, 1.165) is 18.4 Å². The summed E-state index contributed by atoms with van der Waals surface area (Å²) in [6.07, 6.45) is 2.82. The Balaban J connectivity index is -0.0000000754. The summed E-state index contributed by atoms with van der Waals surface area (Å²) < 4.78 is 30.6. The fraction of sp³-hybridized carbons (Fsp3) is 0.487. The van der Waals surface area contributed by atoms with Crippen molar-refractivity contribution >= 4 is 10.1 Å². The molecule has 0 amide bonds. The largest absolute Gasteiger partial charge is 0.294 e. The van der Waals surface area contributed by atoms with Crippen molar-refractivity contribution in [3.63, 3.8) is 0 Å². The fourth-order valence-corrected chi connectivity index (χ4v) is 2.65. The predicted molar refractivity (Wildman–Crippen MR) is 202 cm³/mol. The summed E-state index contributed by atoms with van der Waals surface area (Å²) in [6, 6.07) is 13.4. The average molecular weight is 621 g/mol. The topological polar surface area (TPSA) is 54.4 Å². The molecule has 0 fully saturated rings.